The molecular formula is C12H15Cl2N3O3Ru. The summed E-state index contributed by atoms with van der Waals surface area (Å²) in [6, 6.07) is 12.0. The third-order valence-corrected chi connectivity index (χ3v) is 2.21. The van der Waals surface area contributed by atoms with Crippen molar-refractivity contribution in [2.75, 3.05) is 6.61 Å². The summed E-state index contributed by atoms with van der Waals surface area (Å²) < 4.78 is 1.36. The van der Waals surface area contributed by atoms with Gasteiger partial charge in [-0.3, -0.25) is 0 Å². The first-order chi connectivity index (χ1) is 8.66. The van der Waals surface area contributed by atoms with E-state index in [0.29, 0.717) is 5.82 Å². The molecule has 21 heavy (non-hydrogen) atoms. The molecule has 0 atom stereocenters. The summed E-state index contributed by atoms with van der Waals surface area (Å²) in [6.07, 6.45) is 1.19. The van der Waals surface area contributed by atoms with E-state index < -0.39 is 4.92 Å². The molecule has 0 unspecified atom stereocenters. The fraction of sp³-hybridized carbons (Fsp3) is 0.250. The van der Waals surface area contributed by atoms with Crippen LogP contribution in [-0.4, -0.2) is 26.2 Å². The average Bonchev–Trinajstić information content (AvgIpc) is 2.75. The van der Waals surface area contributed by atoms with E-state index in [1.165, 1.54) is 10.8 Å². The van der Waals surface area contributed by atoms with Gasteiger partial charge in [-0.2, -0.15) is 0 Å². The van der Waals surface area contributed by atoms with Crippen LogP contribution in [0.5, 0.6) is 0 Å². The molecule has 2 rings (SSSR count). The van der Waals surface area contributed by atoms with Gasteiger partial charge in [0.25, 0.3) is 0 Å². The molecule has 2 aromatic rings. The molecule has 0 aliphatic rings. The number of nitro groups is 1. The Bertz CT molecular complexity index is 471. The number of halogens is 2. The fourth-order valence-electron chi connectivity index (χ4n) is 1.36. The summed E-state index contributed by atoms with van der Waals surface area (Å²) in [5.74, 6) is 0.456. The molecule has 1 heterocycles. The fourth-order valence-corrected chi connectivity index (χ4v) is 1.36. The molecule has 0 saturated carbocycles. The molecule has 1 aromatic carbocycles. The molecule has 1 aromatic heterocycles. The monoisotopic (exact) mass is 421 g/mol. The van der Waals surface area contributed by atoms with E-state index in [0.717, 1.165) is 0 Å². The molecule has 0 saturated heterocycles. The maximum Gasteiger partial charge on any atom is 2.00 e. The minimum Gasteiger partial charge on any atom is -1.00 e. The average molecular weight is 421 g/mol. The van der Waals surface area contributed by atoms with Crippen molar-refractivity contribution in [3.63, 3.8) is 0 Å². The zero-order chi connectivity index (χ0) is 13.4. The Labute approximate surface area is 148 Å². The summed E-state index contributed by atoms with van der Waals surface area (Å²) in [5.41, 5.74) is 0. The first-order valence-corrected chi connectivity index (χ1v) is 5.44. The first kappa shape index (κ1) is 25.0. The van der Waals surface area contributed by atoms with Crippen molar-refractivity contribution in [2.45, 2.75) is 13.5 Å². The van der Waals surface area contributed by atoms with E-state index in [2.05, 4.69) is 4.98 Å². The summed E-state index contributed by atoms with van der Waals surface area (Å²) in [4.78, 5) is 13.6. The van der Waals surface area contributed by atoms with Crippen molar-refractivity contribution in [1.82, 2.24) is 9.55 Å². The van der Waals surface area contributed by atoms with Gasteiger partial charge in [-0.25, -0.2) is 9.55 Å². The van der Waals surface area contributed by atoms with E-state index in [-0.39, 0.29) is 63.3 Å². The molecule has 1 N–H and O–H groups in total. The van der Waals surface area contributed by atoms with Crippen LogP contribution in [-0.2, 0) is 26.0 Å². The van der Waals surface area contributed by atoms with Crippen LogP contribution < -0.4 is 24.8 Å². The number of aliphatic hydroxyl groups is 1. The SMILES string of the molecule is Cc1ncc([N+](=O)[O-])n1CCO.[Cl-].[Cl-].[Ru+2].c1ccccc1. The molecule has 0 aliphatic carbocycles. The van der Waals surface area contributed by atoms with E-state index in [4.69, 9.17) is 5.11 Å². The van der Waals surface area contributed by atoms with Gasteiger partial charge < -0.3 is 40.0 Å². The number of hydrogen-bond donors (Lipinski definition) is 1. The molecule has 0 amide bonds. The Balaban J connectivity index is -0.000000312. The third kappa shape index (κ3) is 8.78. The smallest absolute Gasteiger partial charge is 1.00 e. The van der Waals surface area contributed by atoms with Crippen molar-refractivity contribution in [1.29, 1.82) is 0 Å². The normalized spacial score (nSPS) is 8.10. The van der Waals surface area contributed by atoms with Gasteiger partial charge in [0.05, 0.1) is 6.61 Å². The van der Waals surface area contributed by atoms with Gasteiger partial charge in [-0.05, 0) is 4.92 Å². The minimum atomic E-state index is -0.518. The Morgan fingerprint density at radius 2 is 1.62 bits per heavy atom. The van der Waals surface area contributed by atoms with Crippen molar-refractivity contribution in [3.05, 3.63) is 58.5 Å². The second kappa shape index (κ2) is 14.0. The summed E-state index contributed by atoms with van der Waals surface area (Å²) in [7, 11) is 0. The third-order valence-electron chi connectivity index (χ3n) is 2.21. The first-order valence-electron chi connectivity index (χ1n) is 5.44. The van der Waals surface area contributed by atoms with Crippen LogP contribution in [0.15, 0.2) is 42.6 Å². The second-order valence-electron chi connectivity index (χ2n) is 3.45. The molecule has 118 valence electrons. The van der Waals surface area contributed by atoms with Crippen molar-refractivity contribution in [2.24, 2.45) is 0 Å². The zero-order valence-electron chi connectivity index (χ0n) is 11.2. The maximum atomic E-state index is 10.4. The molecule has 0 aliphatic heterocycles. The summed E-state index contributed by atoms with van der Waals surface area (Å²) in [5, 5.41) is 19.0. The predicted octanol–water partition coefficient (Wildman–Crippen LogP) is -4.22. The van der Waals surface area contributed by atoms with E-state index in [1.54, 1.807) is 6.92 Å². The van der Waals surface area contributed by atoms with Crippen molar-refractivity contribution in [3.8, 4) is 0 Å². The van der Waals surface area contributed by atoms with Gasteiger partial charge in [-0.15, -0.1) is 0 Å². The number of nitrogens with zero attached hydrogens (tertiary/aromatic N) is 3. The van der Waals surface area contributed by atoms with Crippen molar-refractivity contribution < 1.29 is 54.3 Å². The quantitative estimate of drug-likeness (QED) is 0.310. The van der Waals surface area contributed by atoms with Crippen LogP contribution in [0.25, 0.3) is 0 Å². The molecular weight excluding hydrogens is 406 g/mol. The molecule has 0 spiro atoms. The molecule has 9 heteroatoms. The summed E-state index contributed by atoms with van der Waals surface area (Å²) >= 11 is 0. The number of benzene rings is 1. The molecule has 0 radical (unpaired) electrons. The molecule has 6 nitrogen and oxygen atoms in total. The van der Waals surface area contributed by atoms with Gasteiger partial charge in [0.1, 0.15) is 12.7 Å². The maximum absolute atomic E-state index is 10.4. The zero-order valence-corrected chi connectivity index (χ0v) is 14.4. The van der Waals surface area contributed by atoms with Gasteiger partial charge in [-0.1, -0.05) is 36.4 Å². The van der Waals surface area contributed by atoms with Crippen LogP contribution in [0, 0.1) is 17.0 Å². The topological polar surface area (TPSA) is 81.2 Å². The largest absolute Gasteiger partial charge is 2.00 e. The van der Waals surface area contributed by atoms with Crippen molar-refractivity contribution >= 4 is 5.82 Å². The number of rotatable bonds is 3. The molecule has 0 bridgehead atoms. The van der Waals surface area contributed by atoms with E-state index in [9.17, 15) is 10.1 Å². The van der Waals surface area contributed by atoms with Gasteiger partial charge in [0.2, 0.25) is 0 Å². The van der Waals surface area contributed by atoms with Gasteiger partial charge in [0, 0.05) is 6.92 Å². The number of aryl methyl sites for hydroxylation is 1. The Hall–Kier alpha value is -1.01. The second-order valence-corrected chi connectivity index (χ2v) is 3.45. The molecule has 0 fully saturated rings. The predicted molar refractivity (Wildman–Crippen MR) is 67.1 cm³/mol. The van der Waals surface area contributed by atoms with Crippen LogP contribution >= 0.6 is 0 Å². The van der Waals surface area contributed by atoms with Gasteiger partial charge in [0.15, 0.2) is 5.82 Å². The Kier molecular flexibility index (Phi) is 16.6. The van der Waals surface area contributed by atoms with Crippen LogP contribution in [0.4, 0.5) is 5.82 Å². The van der Waals surface area contributed by atoms with Gasteiger partial charge >= 0.3 is 25.3 Å². The number of hydrogen-bond acceptors (Lipinski definition) is 4. The van der Waals surface area contributed by atoms with E-state index >= 15 is 0 Å². The number of aliphatic hydroxyl groups excluding tert-OH is 1. The Morgan fingerprint density at radius 3 is 1.95 bits per heavy atom. The van der Waals surface area contributed by atoms with Crippen LogP contribution in [0.1, 0.15) is 5.82 Å². The summed E-state index contributed by atoms with van der Waals surface area (Å²) in [6.45, 7) is 1.74. The standard InChI is InChI=1S/C6H9N3O3.C6H6.2ClH.Ru/c1-5-7-4-6(9(11)12)8(5)2-3-10;1-2-4-6-5-3-1;;;/h4,10H,2-3H2,1H3;1-6H;2*1H;/q;;;;+2/p-2. The Morgan fingerprint density at radius 1 is 1.19 bits per heavy atom. The van der Waals surface area contributed by atoms with Crippen LogP contribution in [0.2, 0.25) is 0 Å². The number of imidazole rings is 1. The number of aromatic nitrogens is 2. The van der Waals surface area contributed by atoms with Crippen LogP contribution in [0.3, 0.4) is 0 Å². The minimum absolute atomic E-state index is 0. The van der Waals surface area contributed by atoms with E-state index in [1.807, 2.05) is 36.4 Å².